The minimum atomic E-state index is 1.10. The van der Waals surface area contributed by atoms with Crippen molar-refractivity contribution in [2.75, 3.05) is 4.90 Å². The van der Waals surface area contributed by atoms with Crippen LogP contribution in [0.3, 0.4) is 0 Å². The summed E-state index contributed by atoms with van der Waals surface area (Å²) < 4.78 is 0. The average molecular weight is 804 g/mol. The number of hydrogen-bond acceptors (Lipinski definition) is 1. The van der Waals surface area contributed by atoms with E-state index in [-0.39, 0.29) is 0 Å². The van der Waals surface area contributed by atoms with E-state index in [1.54, 1.807) is 0 Å². The highest BCUT2D eigenvalue weighted by molar-refractivity contribution is 5.83. The molecule has 0 spiro atoms. The normalized spacial score (nSPS) is 9.67. The number of hydrogen-bond donors (Lipinski definition) is 0. The van der Waals surface area contributed by atoms with Crippen LogP contribution in [0.1, 0.15) is 103 Å². The van der Waals surface area contributed by atoms with Crippen molar-refractivity contribution in [2.24, 2.45) is 0 Å². The lowest BCUT2D eigenvalue weighted by molar-refractivity contribution is 1.28. The maximum atomic E-state index is 2.30. The van der Waals surface area contributed by atoms with Crippen LogP contribution >= 0.6 is 0 Å². The van der Waals surface area contributed by atoms with Crippen LogP contribution in [0, 0.1) is 0 Å². The van der Waals surface area contributed by atoms with Crippen LogP contribution in [0.5, 0.6) is 0 Å². The third-order valence-corrected chi connectivity index (χ3v) is 8.76. The molecule has 0 aliphatic heterocycles. The monoisotopic (exact) mass is 804 g/mol. The number of nitrogens with zero attached hydrogens (tertiary/aromatic N) is 1. The zero-order chi connectivity index (χ0) is 44.5. The molecular weight excluding hydrogens is 735 g/mol. The van der Waals surface area contributed by atoms with E-state index in [4.69, 9.17) is 0 Å². The van der Waals surface area contributed by atoms with Gasteiger partial charge in [0.25, 0.3) is 0 Å². The van der Waals surface area contributed by atoms with Crippen molar-refractivity contribution < 1.29 is 0 Å². The second-order valence-corrected chi connectivity index (χ2v) is 12.2. The molecule has 0 saturated carbocycles. The van der Waals surface area contributed by atoms with E-state index >= 15 is 0 Å². The van der Waals surface area contributed by atoms with Gasteiger partial charge in [0.1, 0.15) is 0 Å². The van der Waals surface area contributed by atoms with Crippen molar-refractivity contribution in [3.8, 4) is 0 Å². The smallest absolute Gasteiger partial charge is 0.0462 e. The molecule has 0 saturated heterocycles. The minimum Gasteiger partial charge on any atom is -0.311 e. The van der Waals surface area contributed by atoms with E-state index < -0.39 is 0 Å². The molecule has 7 aromatic rings. The molecule has 0 bridgehead atoms. The van der Waals surface area contributed by atoms with Gasteiger partial charge in [0.05, 0.1) is 0 Å². The van der Waals surface area contributed by atoms with Gasteiger partial charge in [0.15, 0.2) is 0 Å². The Hall–Kier alpha value is -6.70. The fraction of sp³-hybridized carbons (Fsp3) is 0.167. The van der Waals surface area contributed by atoms with E-state index in [2.05, 4.69) is 242 Å². The summed E-state index contributed by atoms with van der Waals surface area (Å²) in [6.45, 7) is 20.0. The van der Waals surface area contributed by atoms with Crippen molar-refractivity contribution in [3.63, 3.8) is 0 Å². The standard InChI is InChI=1S/C50H39N.5C2H6/c1-6-20-42(21-7-1)49(43-22-8-2-9-23-43)30-16-18-40-32-36-47(37-33-40)51(46-28-14-5-15-29-46)48-38-34-41(35-39-48)19-17-31-50(44-24-10-3-11-25-44)45-26-12-4-13-27-45;5*1-2/h1-39H;5*1-2H3. The Balaban J connectivity index is 0.00000120. The number of rotatable bonds is 11. The van der Waals surface area contributed by atoms with Crippen molar-refractivity contribution in [2.45, 2.75) is 69.2 Å². The summed E-state index contributed by atoms with van der Waals surface area (Å²) in [5.41, 5.74) is 12.8. The Morgan fingerprint density at radius 1 is 0.279 bits per heavy atom. The van der Waals surface area contributed by atoms with Crippen molar-refractivity contribution in [1.82, 2.24) is 0 Å². The summed E-state index contributed by atoms with van der Waals surface area (Å²) in [4.78, 5) is 2.30. The Labute approximate surface area is 370 Å². The zero-order valence-corrected chi connectivity index (χ0v) is 38.5. The molecular formula is C60H69N. The lowest BCUT2D eigenvalue weighted by atomic mass is 9.97. The summed E-state index contributed by atoms with van der Waals surface area (Å²) in [5, 5.41) is 0. The lowest BCUT2D eigenvalue weighted by Gasteiger charge is -2.25. The molecule has 0 N–H and O–H groups in total. The highest BCUT2D eigenvalue weighted by atomic mass is 15.1. The van der Waals surface area contributed by atoms with Gasteiger partial charge < -0.3 is 4.90 Å². The van der Waals surface area contributed by atoms with Crippen molar-refractivity contribution >= 4 is 40.4 Å². The van der Waals surface area contributed by atoms with Gasteiger partial charge in [-0.05, 0) is 80.9 Å². The Morgan fingerprint density at radius 3 is 0.770 bits per heavy atom. The van der Waals surface area contributed by atoms with Crippen LogP contribution in [0.25, 0.3) is 23.3 Å². The molecule has 0 radical (unpaired) electrons. The summed E-state index contributed by atoms with van der Waals surface area (Å²) >= 11 is 0. The van der Waals surface area contributed by atoms with Gasteiger partial charge in [-0.1, -0.05) is 269 Å². The van der Waals surface area contributed by atoms with Gasteiger partial charge in [-0.2, -0.15) is 0 Å². The van der Waals surface area contributed by atoms with Gasteiger partial charge in [-0.25, -0.2) is 0 Å². The van der Waals surface area contributed by atoms with Crippen LogP contribution in [-0.2, 0) is 0 Å². The first-order chi connectivity index (χ1) is 30.3. The summed E-state index contributed by atoms with van der Waals surface area (Å²) in [7, 11) is 0. The molecule has 0 aliphatic rings. The first kappa shape index (κ1) is 50.4. The van der Waals surface area contributed by atoms with Gasteiger partial charge in [0.2, 0.25) is 0 Å². The predicted molar refractivity (Wildman–Crippen MR) is 276 cm³/mol. The van der Waals surface area contributed by atoms with E-state index in [1.165, 1.54) is 33.4 Å². The van der Waals surface area contributed by atoms with Crippen LogP contribution < -0.4 is 4.90 Å². The molecule has 0 aromatic heterocycles. The molecule has 0 amide bonds. The molecule has 0 unspecified atom stereocenters. The molecule has 0 aliphatic carbocycles. The number of benzene rings is 7. The van der Waals surface area contributed by atoms with Crippen molar-refractivity contribution in [3.05, 3.63) is 258 Å². The van der Waals surface area contributed by atoms with Gasteiger partial charge >= 0.3 is 0 Å². The molecule has 0 heterocycles. The molecule has 1 heteroatoms. The summed E-state index contributed by atoms with van der Waals surface area (Å²) in [6, 6.07) is 70.2. The van der Waals surface area contributed by atoms with Crippen LogP contribution in [-0.4, -0.2) is 0 Å². The molecule has 314 valence electrons. The Bertz CT molecular complexity index is 2000. The number of para-hydroxylation sites is 1. The van der Waals surface area contributed by atoms with E-state index in [9.17, 15) is 0 Å². The second-order valence-electron chi connectivity index (χ2n) is 12.2. The Kier molecular flexibility index (Phi) is 25.8. The van der Waals surface area contributed by atoms with Gasteiger partial charge in [-0.3, -0.25) is 0 Å². The topological polar surface area (TPSA) is 3.24 Å². The fourth-order valence-electron chi connectivity index (χ4n) is 6.19. The van der Waals surface area contributed by atoms with Crippen LogP contribution in [0.15, 0.2) is 224 Å². The van der Waals surface area contributed by atoms with Crippen molar-refractivity contribution in [1.29, 1.82) is 0 Å². The molecule has 61 heavy (non-hydrogen) atoms. The van der Waals surface area contributed by atoms with Gasteiger partial charge in [-0.15, -0.1) is 0 Å². The lowest BCUT2D eigenvalue weighted by Crippen LogP contribution is -2.09. The maximum absolute atomic E-state index is 2.30. The first-order valence-electron chi connectivity index (χ1n) is 22.4. The highest BCUT2D eigenvalue weighted by Gasteiger charge is 2.12. The number of allylic oxidation sites excluding steroid dienone is 4. The third kappa shape index (κ3) is 16.1. The predicted octanol–water partition coefficient (Wildman–Crippen LogP) is 18.6. The first-order valence-corrected chi connectivity index (χ1v) is 22.4. The summed E-state index contributed by atoms with van der Waals surface area (Å²) in [5.74, 6) is 0. The highest BCUT2D eigenvalue weighted by Crippen LogP contribution is 2.35. The molecule has 7 rings (SSSR count). The van der Waals surface area contributed by atoms with Gasteiger partial charge in [0, 0.05) is 17.1 Å². The largest absolute Gasteiger partial charge is 0.311 e. The quantitative estimate of drug-likeness (QED) is 0.118. The molecule has 0 atom stereocenters. The summed E-state index contributed by atoms with van der Waals surface area (Å²) in [6.07, 6.45) is 13.0. The van der Waals surface area contributed by atoms with E-state index in [0.29, 0.717) is 0 Å². The zero-order valence-electron chi connectivity index (χ0n) is 38.5. The van der Waals surface area contributed by atoms with E-state index in [1.807, 2.05) is 69.2 Å². The number of anilines is 3. The van der Waals surface area contributed by atoms with E-state index in [0.717, 1.165) is 28.2 Å². The fourth-order valence-corrected chi connectivity index (χ4v) is 6.19. The molecule has 1 nitrogen and oxygen atoms in total. The average Bonchev–Trinajstić information content (AvgIpc) is 3.37. The van der Waals surface area contributed by atoms with Crippen LogP contribution in [0.2, 0.25) is 0 Å². The maximum Gasteiger partial charge on any atom is 0.0462 e. The molecule has 7 aromatic carbocycles. The third-order valence-electron chi connectivity index (χ3n) is 8.76. The van der Waals surface area contributed by atoms with Crippen LogP contribution in [0.4, 0.5) is 17.1 Å². The SMILES string of the molecule is C(=Cc1ccc(N(c2ccccc2)c2ccc(C=CC=C(c3ccccc3)c3ccccc3)cc2)cc1)C=C(c1ccccc1)c1ccccc1.CC.CC.CC.CC.CC. The Morgan fingerprint density at radius 2 is 0.508 bits per heavy atom. The minimum absolute atomic E-state index is 1.10. The molecule has 0 fully saturated rings. The second kappa shape index (κ2) is 31.3.